The second kappa shape index (κ2) is 6.46. The Morgan fingerprint density at radius 3 is 2.63 bits per heavy atom. The minimum absolute atomic E-state index is 0.269. The Bertz CT molecular complexity index is 495. The Balaban J connectivity index is 2.45. The van der Waals surface area contributed by atoms with Crippen molar-refractivity contribution in [3.8, 4) is 0 Å². The fourth-order valence-electron chi connectivity index (χ4n) is 2.80. The van der Waals surface area contributed by atoms with Crippen LogP contribution in [0.2, 0.25) is 0 Å². The van der Waals surface area contributed by atoms with E-state index in [1.165, 1.54) is 19.3 Å². The second-order valence-electron chi connectivity index (χ2n) is 5.19. The van der Waals surface area contributed by atoms with Crippen LogP contribution < -0.4 is 0 Å². The van der Waals surface area contributed by atoms with E-state index in [1.807, 2.05) is 0 Å². The van der Waals surface area contributed by atoms with Gasteiger partial charge in [0.2, 0.25) is 0 Å². The smallest absolute Gasteiger partial charge is 0.144 e. The molecule has 1 aromatic rings. The molecular formula is C14H21BrN2OS. The molecule has 1 saturated carbocycles. The molecule has 1 fully saturated rings. The van der Waals surface area contributed by atoms with Crippen molar-refractivity contribution in [1.82, 2.24) is 9.97 Å². The lowest BCUT2D eigenvalue weighted by Crippen LogP contribution is -2.33. The number of methoxy groups -OCH3 is 1. The summed E-state index contributed by atoms with van der Waals surface area (Å²) in [7, 11) is 1.78. The van der Waals surface area contributed by atoms with Crippen LogP contribution in [0.3, 0.4) is 0 Å². The van der Waals surface area contributed by atoms with Gasteiger partial charge in [0.1, 0.15) is 16.1 Å². The van der Waals surface area contributed by atoms with E-state index in [0.717, 1.165) is 41.7 Å². The lowest BCUT2D eigenvalue weighted by Gasteiger charge is -2.35. The van der Waals surface area contributed by atoms with E-state index in [2.05, 4.69) is 32.8 Å². The maximum Gasteiger partial charge on any atom is 0.144 e. The number of nitrogens with one attached hydrogen (secondary N) is 1. The van der Waals surface area contributed by atoms with Crippen molar-refractivity contribution in [2.24, 2.45) is 0 Å². The van der Waals surface area contributed by atoms with Crippen molar-refractivity contribution < 1.29 is 4.74 Å². The molecule has 3 nitrogen and oxygen atoms in total. The Kier molecular flexibility index (Phi) is 5.15. The molecule has 0 spiro atoms. The van der Waals surface area contributed by atoms with Crippen LogP contribution in [-0.2, 0) is 16.8 Å². The molecular weight excluding hydrogens is 324 g/mol. The molecule has 0 bridgehead atoms. The second-order valence-corrected chi connectivity index (χ2v) is 6.37. The Morgan fingerprint density at radius 2 is 2.05 bits per heavy atom. The zero-order valence-corrected chi connectivity index (χ0v) is 14.0. The van der Waals surface area contributed by atoms with Gasteiger partial charge in [0, 0.05) is 12.8 Å². The van der Waals surface area contributed by atoms with Gasteiger partial charge in [-0.05, 0) is 35.2 Å². The number of halogens is 1. The average molecular weight is 345 g/mol. The van der Waals surface area contributed by atoms with E-state index in [-0.39, 0.29) is 5.60 Å². The third kappa shape index (κ3) is 3.09. The van der Waals surface area contributed by atoms with Crippen LogP contribution in [0.1, 0.15) is 57.0 Å². The van der Waals surface area contributed by atoms with Crippen molar-refractivity contribution in [3.63, 3.8) is 0 Å². The highest BCUT2D eigenvalue weighted by molar-refractivity contribution is 9.10. The van der Waals surface area contributed by atoms with Gasteiger partial charge < -0.3 is 9.72 Å². The number of hydrogen-bond donors (Lipinski definition) is 1. The predicted molar refractivity (Wildman–Crippen MR) is 82.9 cm³/mol. The summed E-state index contributed by atoms with van der Waals surface area (Å²) in [6.45, 7) is 2.16. The number of ether oxygens (including phenoxy) is 1. The summed E-state index contributed by atoms with van der Waals surface area (Å²) < 4.78 is 7.40. The molecule has 19 heavy (non-hydrogen) atoms. The summed E-state index contributed by atoms with van der Waals surface area (Å²) in [6, 6.07) is 0. The maximum atomic E-state index is 5.84. The summed E-state index contributed by atoms with van der Waals surface area (Å²) in [6.07, 6.45) is 7.76. The Morgan fingerprint density at radius 1 is 1.37 bits per heavy atom. The van der Waals surface area contributed by atoms with Gasteiger partial charge in [0.25, 0.3) is 0 Å². The normalized spacial score (nSPS) is 18.5. The molecule has 0 amide bonds. The molecule has 5 heteroatoms. The highest BCUT2D eigenvalue weighted by atomic mass is 79.9. The van der Waals surface area contributed by atoms with Gasteiger partial charge in [-0.2, -0.15) is 0 Å². The van der Waals surface area contributed by atoms with Gasteiger partial charge in [-0.25, -0.2) is 4.98 Å². The third-order valence-electron chi connectivity index (χ3n) is 3.92. The average Bonchev–Trinajstić information content (AvgIpc) is 2.44. The first-order valence-electron chi connectivity index (χ1n) is 6.97. The van der Waals surface area contributed by atoms with Gasteiger partial charge in [0.15, 0.2) is 0 Å². The molecule has 0 aromatic carbocycles. The third-order valence-corrected chi connectivity index (χ3v) is 5.33. The van der Waals surface area contributed by atoms with Gasteiger partial charge >= 0.3 is 0 Å². The largest absolute Gasteiger partial charge is 0.370 e. The van der Waals surface area contributed by atoms with Crippen LogP contribution in [0.4, 0.5) is 0 Å². The van der Waals surface area contributed by atoms with Gasteiger partial charge in [-0.1, -0.05) is 44.8 Å². The SMILES string of the molecule is CCCc1[nH]c(C2(OC)CCCCC2)nc(=S)c1Br. The van der Waals surface area contributed by atoms with Crippen LogP contribution in [0.5, 0.6) is 0 Å². The number of H-pyrrole nitrogens is 1. The fraction of sp³-hybridized carbons (Fsp3) is 0.714. The van der Waals surface area contributed by atoms with Crippen LogP contribution in [0.25, 0.3) is 0 Å². The molecule has 2 rings (SSSR count). The van der Waals surface area contributed by atoms with E-state index in [4.69, 9.17) is 17.0 Å². The number of nitrogens with zero attached hydrogens (tertiary/aromatic N) is 1. The molecule has 0 unspecified atom stereocenters. The molecule has 106 valence electrons. The number of aromatic nitrogens is 2. The summed E-state index contributed by atoms with van der Waals surface area (Å²) in [5, 5.41) is 0. The number of hydrogen-bond acceptors (Lipinski definition) is 3. The van der Waals surface area contributed by atoms with E-state index >= 15 is 0 Å². The standard InChI is InChI=1S/C14H21BrN2OS/c1-3-7-10-11(15)12(19)17-13(16-10)14(18-2)8-5-4-6-9-14/h3-9H2,1-2H3,(H,16,17,19). The summed E-state index contributed by atoms with van der Waals surface area (Å²) in [5.41, 5.74) is 0.870. The lowest BCUT2D eigenvalue weighted by molar-refractivity contribution is -0.0517. The highest BCUT2D eigenvalue weighted by Gasteiger charge is 2.36. The summed E-state index contributed by atoms with van der Waals surface area (Å²) in [5.74, 6) is 0.909. The van der Waals surface area contributed by atoms with Crippen LogP contribution in [0, 0.1) is 4.64 Å². The molecule has 1 N–H and O–H groups in total. The predicted octanol–water partition coefficient (Wildman–Crippen LogP) is 4.66. The van der Waals surface area contributed by atoms with Crippen molar-refractivity contribution in [2.75, 3.05) is 7.11 Å². The molecule has 0 saturated heterocycles. The highest BCUT2D eigenvalue weighted by Crippen LogP contribution is 2.38. The van der Waals surface area contributed by atoms with Crippen molar-refractivity contribution >= 4 is 28.1 Å². The van der Waals surface area contributed by atoms with Gasteiger partial charge in [-0.15, -0.1) is 0 Å². The van der Waals surface area contributed by atoms with Crippen LogP contribution >= 0.6 is 28.1 Å². The molecule has 0 aliphatic heterocycles. The van der Waals surface area contributed by atoms with Crippen LogP contribution in [-0.4, -0.2) is 17.1 Å². The summed E-state index contributed by atoms with van der Waals surface area (Å²) in [4.78, 5) is 8.04. The molecule has 1 aliphatic rings. The summed E-state index contributed by atoms with van der Waals surface area (Å²) >= 11 is 8.92. The first-order chi connectivity index (χ1) is 9.13. The topological polar surface area (TPSA) is 37.9 Å². The molecule has 1 aromatic heterocycles. The first kappa shape index (κ1) is 15.1. The molecule has 1 heterocycles. The Hall–Kier alpha value is -0.260. The fourth-order valence-corrected chi connectivity index (χ4v) is 3.40. The van der Waals surface area contributed by atoms with Crippen LogP contribution in [0.15, 0.2) is 4.47 Å². The zero-order valence-electron chi connectivity index (χ0n) is 11.6. The number of aryl methyl sites for hydroxylation is 1. The van der Waals surface area contributed by atoms with Crippen molar-refractivity contribution in [2.45, 2.75) is 57.5 Å². The van der Waals surface area contributed by atoms with E-state index < -0.39 is 0 Å². The molecule has 1 aliphatic carbocycles. The maximum absolute atomic E-state index is 5.84. The lowest BCUT2D eigenvalue weighted by atomic mass is 9.84. The van der Waals surface area contributed by atoms with Gasteiger partial charge in [-0.3, -0.25) is 0 Å². The van der Waals surface area contributed by atoms with Crippen molar-refractivity contribution in [3.05, 3.63) is 20.6 Å². The molecule has 0 radical (unpaired) electrons. The number of rotatable bonds is 4. The quantitative estimate of drug-likeness (QED) is 0.807. The van der Waals surface area contributed by atoms with Gasteiger partial charge in [0.05, 0.1) is 4.47 Å². The van der Waals surface area contributed by atoms with Crippen molar-refractivity contribution in [1.29, 1.82) is 0 Å². The van der Waals surface area contributed by atoms with E-state index in [9.17, 15) is 0 Å². The minimum atomic E-state index is -0.269. The van der Waals surface area contributed by atoms with E-state index in [0.29, 0.717) is 4.64 Å². The Labute approximate surface area is 128 Å². The van der Waals surface area contributed by atoms with E-state index in [1.54, 1.807) is 7.11 Å². The monoisotopic (exact) mass is 344 g/mol. The number of aromatic amines is 1. The minimum Gasteiger partial charge on any atom is -0.370 e. The first-order valence-corrected chi connectivity index (χ1v) is 8.17. The zero-order chi connectivity index (χ0) is 13.9. The molecule has 0 atom stereocenters.